The number of rotatable bonds is 1. The van der Waals surface area contributed by atoms with Crippen molar-refractivity contribution in [2.75, 3.05) is 7.05 Å². The van der Waals surface area contributed by atoms with Gasteiger partial charge in [0.1, 0.15) is 0 Å². The Kier molecular flexibility index (Phi) is 3.08. The zero-order valence-electron chi connectivity index (χ0n) is 8.87. The number of nitrogens with zero attached hydrogens (tertiary/aromatic N) is 1. The highest BCUT2D eigenvalue weighted by Gasteiger charge is 2.14. The van der Waals surface area contributed by atoms with Gasteiger partial charge in [-0.15, -0.1) is 0 Å². The van der Waals surface area contributed by atoms with Crippen LogP contribution in [0.2, 0.25) is 10.0 Å². The van der Waals surface area contributed by atoms with Gasteiger partial charge < -0.3 is 4.90 Å². The highest BCUT2D eigenvalue weighted by Crippen LogP contribution is 2.31. The van der Waals surface area contributed by atoms with Crippen LogP contribution < -0.4 is 0 Å². The SMILES string of the molecule is C=C1C=CC=C(c2ccc(Cl)cc2Cl)N1C. The molecule has 0 aromatic heterocycles. The van der Waals surface area contributed by atoms with Gasteiger partial charge >= 0.3 is 0 Å². The van der Waals surface area contributed by atoms with E-state index in [-0.39, 0.29) is 0 Å². The van der Waals surface area contributed by atoms with Crippen LogP contribution in [-0.2, 0) is 0 Å². The molecule has 1 nitrogen and oxygen atoms in total. The van der Waals surface area contributed by atoms with E-state index in [1.165, 1.54) is 0 Å². The van der Waals surface area contributed by atoms with E-state index in [9.17, 15) is 0 Å². The maximum atomic E-state index is 6.17. The molecule has 0 unspecified atom stereocenters. The van der Waals surface area contributed by atoms with Crippen LogP contribution in [0.1, 0.15) is 5.56 Å². The van der Waals surface area contributed by atoms with Gasteiger partial charge in [0.15, 0.2) is 0 Å². The lowest BCUT2D eigenvalue weighted by atomic mass is 10.1. The average molecular weight is 252 g/mol. The highest BCUT2D eigenvalue weighted by molar-refractivity contribution is 6.35. The van der Waals surface area contributed by atoms with Crippen molar-refractivity contribution in [1.82, 2.24) is 4.90 Å². The Morgan fingerprint density at radius 2 is 2.00 bits per heavy atom. The molecule has 3 heteroatoms. The molecule has 0 spiro atoms. The summed E-state index contributed by atoms with van der Waals surface area (Å²) in [6.07, 6.45) is 5.92. The average Bonchev–Trinajstić information content (AvgIpc) is 2.23. The standard InChI is InChI=1S/C13H11Cl2N/c1-9-4-3-5-13(16(9)2)11-7-6-10(14)8-12(11)15/h3-8H,1H2,2H3. The molecule has 0 radical (unpaired) electrons. The van der Waals surface area contributed by atoms with Crippen LogP contribution in [-0.4, -0.2) is 11.9 Å². The number of likely N-dealkylation sites (N-methyl/N-ethyl adjacent to an activating group) is 1. The number of benzene rings is 1. The van der Waals surface area contributed by atoms with Crippen molar-refractivity contribution < 1.29 is 0 Å². The van der Waals surface area contributed by atoms with Gasteiger partial charge in [-0.05, 0) is 30.4 Å². The second-order valence-corrected chi connectivity index (χ2v) is 4.43. The molecule has 0 saturated carbocycles. The maximum absolute atomic E-state index is 6.17. The molecule has 1 aliphatic rings. The summed E-state index contributed by atoms with van der Waals surface area (Å²) < 4.78 is 0. The Labute approximate surface area is 105 Å². The first-order chi connectivity index (χ1) is 7.59. The van der Waals surface area contributed by atoms with Crippen molar-refractivity contribution in [1.29, 1.82) is 0 Å². The van der Waals surface area contributed by atoms with Crippen LogP contribution in [0.15, 0.2) is 48.7 Å². The van der Waals surface area contributed by atoms with Gasteiger partial charge in [0.2, 0.25) is 0 Å². The van der Waals surface area contributed by atoms with E-state index in [2.05, 4.69) is 6.58 Å². The minimum Gasteiger partial charge on any atom is -0.345 e. The van der Waals surface area contributed by atoms with E-state index in [0.717, 1.165) is 17.0 Å². The molecular formula is C13H11Cl2N. The van der Waals surface area contributed by atoms with Crippen LogP contribution in [0.3, 0.4) is 0 Å². The van der Waals surface area contributed by atoms with Crippen molar-refractivity contribution in [2.24, 2.45) is 0 Å². The van der Waals surface area contributed by atoms with Gasteiger partial charge in [0.05, 0.1) is 5.02 Å². The summed E-state index contributed by atoms with van der Waals surface area (Å²) in [7, 11) is 1.96. The first kappa shape index (κ1) is 11.3. The summed E-state index contributed by atoms with van der Waals surface area (Å²) >= 11 is 12.0. The van der Waals surface area contributed by atoms with Crippen molar-refractivity contribution in [2.45, 2.75) is 0 Å². The molecule has 2 rings (SSSR count). The second kappa shape index (κ2) is 4.36. The molecule has 0 atom stereocenters. The molecular weight excluding hydrogens is 241 g/mol. The molecule has 0 fully saturated rings. The Bertz CT molecular complexity index is 501. The van der Waals surface area contributed by atoms with Crippen molar-refractivity contribution in [3.8, 4) is 0 Å². The van der Waals surface area contributed by atoms with E-state index in [4.69, 9.17) is 23.2 Å². The van der Waals surface area contributed by atoms with Gasteiger partial charge in [-0.25, -0.2) is 0 Å². The molecule has 0 amide bonds. The third-order valence-electron chi connectivity index (χ3n) is 2.54. The molecule has 0 N–H and O–H groups in total. The molecule has 82 valence electrons. The Balaban J connectivity index is 2.48. The zero-order chi connectivity index (χ0) is 11.7. The maximum Gasteiger partial charge on any atom is 0.0514 e. The lowest BCUT2D eigenvalue weighted by Gasteiger charge is -2.26. The summed E-state index contributed by atoms with van der Waals surface area (Å²) in [6.45, 7) is 3.95. The van der Waals surface area contributed by atoms with Crippen LogP contribution in [0, 0.1) is 0 Å². The van der Waals surface area contributed by atoms with Crippen LogP contribution in [0.25, 0.3) is 5.70 Å². The molecule has 1 aliphatic heterocycles. The fourth-order valence-electron chi connectivity index (χ4n) is 1.60. The molecule has 1 heterocycles. The van der Waals surface area contributed by atoms with E-state index in [0.29, 0.717) is 10.0 Å². The first-order valence-electron chi connectivity index (χ1n) is 4.86. The minimum atomic E-state index is 0.641. The third-order valence-corrected chi connectivity index (χ3v) is 3.09. The topological polar surface area (TPSA) is 3.24 Å². The van der Waals surface area contributed by atoms with Gasteiger partial charge in [-0.2, -0.15) is 0 Å². The fourth-order valence-corrected chi connectivity index (χ4v) is 2.10. The number of allylic oxidation sites excluding steroid dienone is 3. The predicted molar refractivity (Wildman–Crippen MR) is 70.5 cm³/mol. The molecule has 1 aromatic carbocycles. The van der Waals surface area contributed by atoms with Crippen LogP contribution in [0.4, 0.5) is 0 Å². The number of hydrogen-bond acceptors (Lipinski definition) is 1. The molecule has 0 bridgehead atoms. The smallest absolute Gasteiger partial charge is 0.0514 e. The van der Waals surface area contributed by atoms with Crippen LogP contribution >= 0.6 is 23.2 Å². The Morgan fingerprint density at radius 3 is 2.69 bits per heavy atom. The summed E-state index contributed by atoms with van der Waals surface area (Å²) in [5.41, 5.74) is 2.91. The molecule has 0 aliphatic carbocycles. The molecule has 16 heavy (non-hydrogen) atoms. The Hall–Kier alpha value is -1.18. The van der Waals surface area contributed by atoms with Crippen LogP contribution in [0.5, 0.6) is 0 Å². The van der Waals surface area contributed by atoms with Crippen molar-refractivity contribution in [3.63, 3.8) is 0 Å². The van der Waals surface area contributed by atoms with E-state index < -0.39 is 0 Å². The number of hydrogen-bond donors (Lipinski definition) is 0. The fraction of sp³-hybridized carbons (Fsp3) is 0.0769. The highest BCUT2D eigenvalue weighted by atomic mass is 35.5. The predicted octanol–water partition coefficient (Wildman–Crippen LogP) is 4.35. The van der Waals surface area contributed by atoms with Crippen molar-refractivity contribution >= 4 is 28.9 Å². The summed E-state index contributed by atoms with van der Waals surface area (Å²) in [6, 6.07) is 5.49. The van der Waals surface area contributed by atoms with Gasteiger partial charge in [-0.1, -0.05) is 35.9 Å². The van der Waals surface area contributed by atoms with E-state index >= 15 is 0 Å². The zero-order valence-corrected chi connectivity index (χ0v) is 10.4. The Morgan fingerprint density at radius 1 is 1.25 bits per heavy atom. The van der Waals surface area contributed by atoms with Gasteiger partial charge in [0.25, 0.3) is 0 Å². The summed E-state index contributed by atoms with van der Waals surface area (Å²) in [4.78, 5) is 2.00. The minimum absolute atomic E-state index is 0.641. The second-order valence-electron chi connectivity index (χ2n) is 3.59. The summed E-state index contributed by atoms with van der Waals surface area (Å²) in [5.74, 6) is 0. The summed E-state index contributed by atoms with van der Waals surface area (Å²) in [5, 5.41) is 1.29. The molecule has 0 saturated heterocycles. The third kappa shape index (κ3) is 2.01. The van der Waals surface area contributed by atoms with Gasteiger partial charge in [-0.3, -0.25) is 0 Å². The molecule has 1 aromatic rings. The normalized spacial score (nSPS) is 15.3. The van der Waals surface area contributed by atoms with Crippen molar-refractivity contribution in [3.05, 3.63) is 64.3 Å². The quantitative estimate of drug-likeness (QED) is 0.718. The monoisotopic (exact) mass is 251 g/mol. The first-order valence-corrected chi connectivity index (χ1v) is 5.61. The largest absolute Gasteiger partial charge is 0.345 e. The number of halogens is 2. The van der Waals surface area contributed by atoms with E-state index in [1.54, 1.807) is 6.07 Å². The lowest BCUT2D eigenvalue weighted by Crippen LogP contribution is -2.16. The van der Waals surface area contributed by atoms with E-state index in [1.807, 2.05) is 42.3 Å². The lowest BCUT2D eigenvalue weighted by molar-refractivity contribution is 0.615. The van der Waals surface area contributed by atoms with Gasteiger partial charge in [0, 0.05) is 29.0 Å².